The van der Waals surface area contributed by atoms with E-state index in [0.29, 0.717) is 0 Å². The van der Waals surface area contributed by atoms with Crippen molar-refractivity contribution in [2.45, 2.75) is 0 Å². The summed E-state index contributed by atoms with van der Waals surface area (Å²) in [5, 5.41) is 0.194. The van der Waals surface area contributed by atoms with Crippen LogP contribution in [-0.2, 0) is 0 Å². The molecular weight excluding hydrogens is 237 g/mol. The van der Waals surface area contributed by atoms with Gasteiger partial charge in [-0.25, -0.2) is 0 Å². The second kappa shape index (κ2) is 69.7. The summed E-state index contributed by atoms with van der Waals surface area (Å²) in [5.41, 5.74) is 0. The maximum Gasteiger partial charge on any atom is 0.0967 e. The Kier molecular flexibility index (Phi) is 464. The smallest absolute Gasteiger partial charge is 0.0967 e. The molecule has 4 radical (unpaired) electrons. The van der Waals surface area contributed by atoms with E-state index in [0.717, 1.165) is 0 Å². The van der Waals surface area contributed by atoms with Crippen molar-refractivity contribution in [3.8, 4) is 0 Å². The van der Waals surface area contributed by atoms with Crippen LogP contribution in [0.5, 0.6) is 0 Å². The van der Waals surface area contributed by atoms with Gasteiger partial charge in [-0.1, -0.05) is 0 Å². The van der Waals surface area contributed by atoms with Gasteiger partial charge in [0.05, 0.1) is 5.34 Å². The third-order valence-corrected chi connectivity index (χ3v) is 0. The second-order valence-electron chi connectivity index (χ2n) is 0.101. The van der Waals surface area contributed by atoms with E-state index in [9.17, 15) is 0 Å². The number of hydrogen-bond acceptors (Lipinski definition) is 0. The van der Waals surface area contributed by atoms with Crippen molar-refractivity contribution in [2.75, 3.05) is 5.34 Å². The molecule has 0 aliphatic carbocycles. The van der Waals surface area contributed by atoms with Crippen LogP contribution in [0.15, 0.2) is 0 Å². The Morgan fingerprint density at radius 1 is 0.750 bits per heavy atom. The summed E-state index contributed by atoms with van der Waals surface area (Å²) in [4.78, 5) is 0. The SMILES string of the molecule is Cl.Cl.Cl.Cl.ClCCl.[C]. The second-order valence-corrected chi connectivity index (χ2v) is 0.909. The van der Waals surface area contributed by atoms with Gasteiger partial charge in [0, 0.05) is 7.43 Å². The van der Waals surface area contributed by atoms with E-state index in [-0.39, 0.29) is 62.4 Å². The van der Waals surface area contributed by atoms with Gasteiger partial charge in [-0.15, -0.1) is 72.8 Å². The lowest BCUT2D eigenvalue weighted by molar-refractivity contribution is 2.20. The van der Waals surface area contributed by atoms with E-state index in [1.165, 1.54) is 0 Å². The molecule has 6 heteroatoms. The lowest BCUT2D eigenvalue weighted by Gasteiger charge is -1.42. The maximum atomic E-state index is 4.76. The average Bonchev–Trinajstić information content (AvgIpc) is 0.918. The molecule has 0 nitrogen and oxygen atoms in total. The number of halogens is 6. The van der Waals surface area contributed by atoms with Gasteiger partial charge in [-0.05, 0) is 0 Å². The molecule has 0 unspecified atom stereocenters. The number of rotatable bonds is 0. The van der Waals surface area contributed by atoms with Crippen molar-refractivity contribution in [2.24, 2.45) is 0 Å². The molecule has 0 N–H and O–H groups in total. The first-order valence-electron chi connectivity index (χ1n) is 0.535. The van der Waals surface area contributed by atoms with E-state index in [4.69, 9.17) is 23.2 Å². The molecule has 0 heterocycles. The molecule has 0 atom stereocenters. The molecule has 0 aliphatic heterocycles. The zero-order valence-corrected chi connectivity index (χ0v) is 8.37. The Balaban J connectivity index is -0.00000000200. The molecule has 0 saturated heterocycles. The van der Waals surface area contributed by atoms with Crippen LogP contribution >= 0.6 is 72.8 Å². The highest BCUT2D eigenvalue weighted by Crippen LogP contribution is 1.73. The predicted octanol–water partition coefficient (Wildman–Crippen LogP) is 3.19. The largest absolute Gasteiger partial charge is 0.147 e. The van der Waals surface area contributed by atoms with Crippen LogP contribution in [0.1, 0.15) is 0 Å². The summed E-state index contributed by atoms with van der Waals surface area (Å²) in [7, 11) is 0. The fraction of sp³-hybridized carbons (Fsp3) is 0.500. The van der Waals surface area contributed by atoms with E-state index in [2.05, 4.69) is 0 Å². The van der Waals surface area contributed by atoms with Crippen molar-refractivity contribution in [3.05, 3.63) is 7.43 Å². The van der Waals surface area contributed by atoms with Crippen molar-refractivity contribution in [1.82, 2.24) is 0 Å². The van der Waals surface area contributed by atoms with Crippen molar-refractivity contribution < 1.29 is 0 Å². The summed E-state index contributed by atoms with van der Waals surface area (Å²) < 4.78 is 0. The maximum absolute atomic E-state index is 4.76. The van der Waals surface area contributed by atoms with Crippen molar-refractivity contribution >= 4 is 72.8 Å². The van der Waals surface area contributed by atoms with Gasteiger partial charge in [0.1, 0.15) is 0 Å². The molecule has 0 aromatic heterocycles. The molecule has 0 rings (SSSR count). The summed E-state index contributed by atoms with van der Waals surface area (Å²) >= 11 is 9.53. The van der Waals surface area contributed by atoms with Gasteiger partial charge in [0.15, 0.2) is 0 Å². The fourth-order valence-corrected chi connectivity index (χ4v) is 0. The minimum absolute atomic E-state index is 0. The number of alkyl halides is 2. The molecule has 0 aromatic rings. The molecule has 56 valence electrons. The van der Waals surface area contributed by atoms with Crippen LogP contribution in [0.4, 0.5) is 0 Å². The van der Waals surface area contributed by atoms with Crippen LogP contribution in [-0.4, -0.2) is 5.34 Å². The standard InChI is InChI=1S/CH2Cl2.C.4ClH/c2-1-3;;;;;/h1H2;;4*1H. The average molecular weight is 243 g/mol. The van der Waals surface area contributed by atoms with Gasteiger partial charge in [0.2, 0.25) is 0 Å². The third-order valence-electron chi connectivity index (χ3n) is 0. The summed E-state index contributed by atoms with van der Waals surface area (Å²) in [5.74, 6) is 0. The van der Waals surface area contributed by atoms with E-state index >= 15 is 0 Å². The summed E-state index contributed by atoms with van der Waals surface area (Å²) in [6.45, 7) is 0. The van der Waals surface area contributed by atoms with Crippen LogP contribution in [0, 0.1) is 7.43 Å². The molecule has 0 fully saturated rings. The van der Waals surface area contributed by atoms with Gasteiger partial charge < -0.3 is 0 Å². The molecular formula is C2H6Cl6. The quantitative estimate of drug-likeness (QED) is 0.573. The monoisotopic (exact) mass is 240 g/mol. The normalized spacial score (nSPS) is 2.25. The molecule has 0 bridgehead atoms. The Labute approximate surface area is 85.3 Å². The fourth-order valence-electron chi connectivity index (χ4n) is 0. The topological polar surface area (TPSA) is 0 Å². The molecule has 0 aliphatic rings. The lowest BCUT2D eigenvalue weighted by Crippen LogP contribution is -1.24. The van der Waals surface area contributed by atoms with E-state index in [1.54, 1.807) is 0 Å². The predicted molar refractivity (Wildman–Crippen MR) is 48.8 cm³/mol. The van der Waals surface area contributed by atoms with E-state index in [1.807, 2.05) is 0 Å². The Hall–Kier alpha value is 1.74. The van der Waals surface area contributed by atoms with E-state index < -0.39 is 0 Å². The van der Waals surface area contributed by atoms with Crippen molar-refractivity contribution in [1.29, 1.82) is 0 Å². The molecule has 0 amide bonds. The molecule has 8 heavy (non-hydrogen) atoms. The first-order valence-corrected chi connectivity index (χ1v) is 1.60. The summed E-state index contributed by atoms with van der Waals surface area (Å²) in [6, 6.07) is 0. The minimum atomic E-state index is 0. The highest BCUT2D eigenvalue weighted by atomic mass is 35.5. The first kappa shape index (κ1) is 53.2. The molecule has 0 saturated carbocycles. The Bertz CT molecular complexity index is 6.49. The van der Waals surface area contributed by atoms with Gasteiger partial charge in [-0.2, -0.15) is 0 Å². The first-order chi connectivity index (χ1) is 1.41. The minimum Gasteiger partial charge on any atom is -0.147 e. The highest BCUT2D eigenvalue weighted by Gasteiger charge is 1.41. The van der Waals surface area contributed by atoms with Crippen LogP contribution in [0.3, 0.4) is 0 Å². The molecule has 0 spiro atoms. The highest BCUT2D eigenvalue weighted by molar-refractivity contribution is 6.40. The van der Waals surface area contributed by atoms with Crippen LogP contribution in [0.2, 0.25) is 0 Å². The zero-order valence-electron chi connectivity index (χ0n) is 3.60. The summed E-state index contributed by atoms with van der Waals surface area (Å²) in [6.07, 6.45) is 0. The molecule has 0 aromatic carbocycles. The number of hydrogen-bond donors (Lipinski definition) is 0. The third kappa shape index (κ3) is 116. The Morgan fingerprint density at radius 3 is 0.750 bits per heavy atom. The van der Waals surface area contributed by atoms with Crippen LogP contribution < -0.4 is 0 Å². The van der Waals surface area contributed by atoms with Gasteiger partial charge in [0.25, 0.3) is 0 Å². The Morgan fingerprint density at radius 2 is 0.750 bits per heavy atom. The van der Waals surface area contributed by atoms with Gasteiger partial charge >= 0.3 is 0 Å². The van der Waals surface area contributed by atoms with Crippen molar-refractivity contribution in [3.63, 3.8) is 0 Å². The van der Waals surface area contributed by atoms with Crippen LogP contribution in [0.25, 0.3) is 0 Å². The zero-order chi connectivity index (χ0) is 2.71. The lowest BCUT2D eigenvalue weighted by atomic mass is 11.9. The van der Waals surface area contributed by atoms with Gasteiger partial charge in [-0.3, -0.25) is 0 Å².